The van der Waals surface area contributed by atoms with Crippen molar-refractivity contribution in [1.82, 2.24) is 9.62 Å². The standard InChI is InChI=1S/C24H26N2O4S/c1-18-11-13-21(14-12-18)31(28,29)26(16-20-8-5-15-30-20)17-24(27)25-23-10-4-7-19-6-2-3-9-22(19)23/h2-3,5-6,8-9,11-15,23H,4,7,10,16-17H2,1H3,(H,25,27). The van der Waals surface area contributed by atoms with E-state index in [-0.39, 0.29) is 29.9 Å². The van der Waals surface area contributed by atoms with Gasteiger partial charge in [0.15, 0.2) is 0 Å². The van der Waals surface area contributed by atoms with Crippen LogP contribution in [0.1, 0.15) is 41.3 Å². The number of carbonyl (C=O) groups excluding carboxylic acids is 1. The minimum atomic E-state index is -3.88. The molecule has 0 bridgehead atoms. The number of hydrogen-bond acceptors (Lipinski definition) is 4. The van der Waals surface area contributed by atoms with Crippen molar-refractivity contribution >= 4 is 15.9 Å². The molecule has 1 aliphatic carbocycles. The van der Waals surface area contributed by atoms with Crippen molar-refractivity contribution in [3.8, 4) is 0 Å². The predicted molar refractivity (Wildman–Crippen MR) is 118 cm³/mol. The summed E-state index contributed by atoms with van der Waals surface area (Å²) >= 11 is 0. The minimum absolute atomic E-state index is 0.0160. The van der Waals surface area contributed by atoms with Crippen LogP contribution in [-0.4, -0.2) is 25.2 Å². The average molecular weight is 439 g/mol. The summed E-state index contributed by atoms with van der Waals surface area (Å²) in [6.07, 6.45) is 4.31. The average Bonchev–Trinajstić information content (AvgIpc) is 3.27. The summed E-state index contributed by atoms with van der Waals surface area (Å²) in [7, 11) is -3.88. The summed E-state index contributed by atoms with van der Waals surface area (Å²) in [5.41, 5.74) is 3.31. The van der Waals surface area contributed by atoms with Gasteiger partial charge in [-0.2, -0.15) is 4.31 Å². The highest BCUT2D eigenvalue weighted by molar-refractivity contribution is 7.89. The van der Waals surface area contributed by atoms with E-state index in [1.807, 2.05) is 25.1 Å². The molecule has 1 unspecified atom stereocenters. The Hall–Kier alpha value is -2.90. The Morgan fingerprint density at radius 3 is 2.61 bits per heavy atom. The highest BCUT2D eigenvalue weighted by Crippen LogP contribution is 2.29. The van der Waals surface area contributed by atoms with Crippen molar-refractivity contribution in [2.75, 3.05) is 6.54 Å². The van der Waals surface area contributed by atoms with Gasteiger partial charge < -0.3 is 9.73 Å². The Balaban J connectivity index is 1.55. The van der Waals surface area contributed by atoms with Gasteiger partial charge in [-0.3, -0.25) is 4.79 Å². The number of hydrogen-bond donors (Lipinski definition) is 1. The molecule has 1 heterocycles. The number of fused-ring (bicyclic) bond motifs is 1. The third kappa shape index (κ3) is 4.89. The Bertz CT molecular complexity index is 1140. The quantitative estimate of drug-likeness (QED) is 0.605. The molecular weight excluding hydrogens is 412 g/mol. The van der Waals surface area contributed by atoms with Crippen LogP contribution in [0.3, 0.4) is 0 Å². The molecule has 0 fully saturated rings. The number of furan rings is 1. The monoisotopic (exact) mass is 438 g/mol. The molecule has 6 nitrogen and oxygen atoms in total. The molecule has 4 rings (SSSR count). The zero-order valence-electron chi connectivity index (χ0n) is 17.5. The van der Waals surface area contributed by atoms with E-state index in [2.05, 4.69) is 11.4 Å². The number of sulfonamides is 1. The molecule has 1 aliphatic rings. The second kappa shape index (κ2) is 9.08. The van der Waals surface area contributed by atoms with Crippen LogP contribution in [0.4, 0.5) is 0 Å². The lowest BCUT2D eigenvalue weighted by molar-refractivity contribution is -0.122. The number of nitrogens with one attached hydrogen (secondary N) is 1. The molecule has 1 atom stereocenters. The van der Waals surface area contributed by atoms with Gasteiger partial charge in [-0.25, -0.2) is 8.42 Å². The zero-order chi connectivity index (χ0) is 21.8. The maximum Gasteiger partial charge on any atom is 0.243 e. The van der Waals surface area contributed by atoms with Gasteiger partial charge in [-0.15, -0.1) is 0 Å². The highest BCUT2D eigenvalue weighted by Gasteiger charge is 2.29. The second-order valence-electron chi connectivity index (χ2n) is 7.88. The van der Waals surface area contributed by atoms with Crippen LogP contribution in [0.25, 0.3) is 0 Å². The SMILES string of the molecule is Cc1ccc(S(=O)(=O)N(CC(=O)NC2CCCc3ccccc32)Cc2ccco2)cc1. The minimum Gasteiger partial charge on any atom is -0.468 e. The van der Waals surface area contributed by atoms with Crippen molar-refractivity contribution < 1.29 is 17.6 Å². The molecule has 1 N–H and O–H groups in total. The fourth-order valence-electron chi connectivity index (χ4n) is 3.97. The summed E-state index contributed by atoms with van der Waals surface area (Å²) in [4.78, 5) is 13.1. The maximum absolute atomic E-state index is 13.3. The zero-order valence-corrected chi connectivity index (χ0v) is 18.3. The van der Waals surface area contributed by atoms with Gasteiger partial charge in [0.05, 0.1) is 30.3 Å². The first-order valence-electron chi connectivity index (χ1n) is 10.4. The van der Waals surface area contributed by atoms with E-state index in [9.17, 15) is 13.2 Å². The van der Waals surface area contributed by atoms with Crippen molar-refractivity contribution in [1.29, 1.82) is 0 Å². The van der Waals surface area contributed by atoms with E-state index in [1.54, 1.807) is 36.4 Å². The molecule has 162 valence electrons. The summed E-state index contributed by atoms with van der Waals surface area (Å²) in [5, 5.41) is 3.04. The summed E-state index contributed by atoms with van der Waals surface area (Å²) in [6, 6.07) is 18.0. The molecule has 2 aromatic carbocycles. The van der Waals surface area contributed by atoms with Crippen LogP contribution in [0, 0.1) is 6.92 Å². The van der Waals surface area contributed by atoms with E-state index < -0.39 is 10.0 Å². The fourth-order valence-corrected chi connectivity index (χ4v) is 5.33. The number of benzene rings is 2. The van der Waals surface area contributed by atoms with Gasteiger partial charge in [-0.05, 0) is 61.6 Å². The molecule has 0 saturated heterocycles. The van der Waals surface area contributed by atoms with Crippen molar-refractivity contribution in [2.45, 2.75) is 43.7 Å². The van der Waals surface area contributed by atoms with Crippen LogP contribution >= 0.6 is 0 Å². The molecule has 1 amide bonds. The maximum atomic E-state index is 13.3. The van der Waals surface area contributed by atoms with Crippen LogP contribution in [0.5, 0.6) is 0 Å². The molecule has 0 spiro atoms. The molecule has 0 radical (unpaired) electrons. The smallest absolute Gasteiger partial charge is 0.243 e. The first kappa shape index (κ1) is 21.3. The molecule has 1 aromatic heterocycles. The Kier molecular flexibility index (Phi) is 6.25. The fraction of sp³-hybridized carbons (Fsp3) is 0.292. The van der Waals surface area contributed by atoms with E-state index in [4.69, 9.17) is 4.42 Å². The van der Waals surface area contributed by atoms with Crippen molar-refractivity contribution in [2.24, 2.45) is 0 Å². The lowest BCUT2D eigenvalue weighted by Crippen LogP contribution is -2.42. The van der Waals surface area contributed by atoms with E-state index >= 15 is 0 Å². The number of amides is 1. The van der Waals surface area contributed by atoms with E-state index in [1.165, 1.54) is 16.1 Å². The first-order valence-corrected chi connectivity index (χ1v) is 11.8. The third-order valence-electron chi connectivity index (χ3n) is 5.60. The van der Waals surface area contributed by atoms with Gasteiger partial charge in [-0.1, -0.05) is 42.0 Å². The van der Waals surface area contributed by atoms with Crippen molar-refractivity contribution in [3.63, 3.8) is 0 Å². The Morgan fingerprint density at radius 2 is 1.87 bits per heavy atom. The van der Waals surface area contributed by atoms with Crippen molar-refractivity contribution in [3.05, 3.63) is 89.4 Å². The normalized spacial score (nSPS) is 16.1. The Labute approximate surface area is 182 Å². The van der Waals surface area contributed by atoms with Gasteiger partial charge in [0.25, 0.3) is 0 Å². The van der Waals surface area contributed by atoms with Crippen LogP contribution in [0.15, 0.2) is 76.2 Å². The molecule has 3 aromatic rings. The molecule has 31 heavy (non-hydrogen) atoms. The second-order valence-corrected chi connectivity index (χ2v) is 9.81. The molecule has 7 heteroatoms. The summed E-state index contributed by atoms with van der Waals surface area (Å²) in [6.45, 7) is 1.60. The molecular formula is C24H26N2O4S. The largest absolute Gasteiger partial charge is 0.468 e. The van der Waals surface area contributed by atoms with Crippen LogP contribution in [-0.2, 0) is 27.8 Å². The van der Waals surface area contributed by atoms with Crippen LogP contribution in [0.2, 0.25) is 0 Å². The van der Waals surface area contributed by atoms with Gasteiger partial charge in [0.1, 0.15) is 5.76 Å². The van der Waals surface area contributed by atoms with E-state index in [0.717, 1.165) is 30.4 Å². The first-order chi connectivity index (χ1) is 14.9. The number of nitrogens with zero attached hydrogens (tertiary/aromatic N) is 1. The number of carbonyl (C=O) groups is 1. The summed E-state index contributed by atoms with van der Waals surface area (Å²) < 4.78 is 33.1. The third-order valence-corrected chi connectivity index (χ3v) is 7.40. The molecule has 0 saturated carbocycles. The molecule has 0 aliphatic heterocycles. The lowest BCUT2D eigenvalue weighted by Gasteiger charge is -2.28. The van der Waals surface area contributed by atoms with Gasteiger partial charge >= 0.3 is 0 Å². The summed E-state index contributed by atoms with van der Waals surface area (Å²) in [5.74, 6) is 0.149. The van der Waals surface area contributed by atoms with Crippen LogP contribution < -0.4 is 5.32 Å². The van der Waals surface area contributed by atoms with E-state index in [0.29, 0.717) is 5.76 Å². The topological polar surface area (TPSA) is 79.6 Å². The Morgan fingerprint density at radius 1 is 1.10 bits per heavy atom. The van der Waals surface area contributed by atoms with Gasteiger partial charge in [0.2, 0.25) is 15.9 Å². The lowest BCUT2D eigenvalue weighted by atomic mass is 9.88. The number of rotatable bonds is 7. The number of aryl methyl sites for hydroxylation is 2. The predicted octanol–water partition coefficient (Wildman–Crippen LogP) is 3.97. The highest BCUT2D eigenvalue weighted by atomic mass is 32.2. The van der Waals surface area contributed by atoms with Gasteiger partial charge in [0, 0.05) is 0 Å².